The first kappa shape index (κ1) is 12.9. The van der Waals surface area contributed by atoms with Crippen LogP contribution in [0.2, 0.25) is 0 Å². The average Bonchev–Trinajstić information content (AvgIpc) is 2.76. The molecule has 1 aromatic carbocycles. The Kier molecular flexibility index (Phi) is 3.50. The summed E-state index contributed by atoms with van der Waals surface area (Å²) in [5.74, 6) is 1.62. The van der Waals surface area contributed by atoms with Gasteiger partial charge in [-0.3, -0.25) is 0 Å². The highest BCUT2D eigenvalue weighted by molar-refractivity contribution is 5.32. The molecule has 1 spiro atoms. The third-order valence-corrected chi connectivity index (χ3v) is 4.94. The third-order valence-electron chi connectivity index (χ3n) is 4.94. The van der Waals surface area contributed by atoms with Crippen LogP contribution in [-0.4, -0.2) is 45.2 Å². The summed E-state index contributed by atoms with van der Waals surface area (Å²) in [4.78, 5) is 2.50. The van der Waals surface area contributed by atoms with Gasteiger partial charge in [-0.05, 0) is 56.1 Å². The summed E-state index contributed by atoms with van der Waals surface area (Å²) in [6.45, 7) is 4.76. The number of piperidine rings is 1. The molecule has 1 N–H and O–H groups in total. The Labute approximate surface area is 115 Å². The van der Waals surface area contributed by atoms with Crippen molar-refractivity contribution in [2.75, 3.05) is 40.3 Å². The van der Waals surface area contributed by atoms with Crippen molar-refractivity contribution in [3.8, 4) is 5.75 Å². The van der Waals surface area contributed by atoms with E-state index in [1.54, 1.807) is 7.11 Å². The van der Waals surface area contributed by atoms with E-state index in [1.165, 1.54) is 44.6 Å². The van der Waals surface area contributed by atoms with Gasteiger partial charge in [0.2, 0.25) is 0 Å². The molecule has 2 aliphatic rings. The fraction of sp³-hybridized carbons (Fsp3) is 0.625. The number of likely N-dealkylation sites (tertiary alicyclic amines) is 1. The summed E-state index contributed by atoms with van der Waals surface area (Å²) in [6, 6.07) is 8.71. The number of methoxy groups -OCH3 is 1. The Bertz CT molecular complexity index is 423. The SMILES string of the molecule is COc1ccc(C2CN(C)CC23CCNCC3)cc1. The van der Waals surface area contributed by atoms with Crippen LogP contribution in [0, 0.1) is 5.41 Å². The Hall–Kier alpha value is -1.06. The van der Waals surface area contributed by atoms with Crippen LogP contribution in [0.1, 0.15) is 24.3 Å². The summed E-state index contributed by atoms with van der Waals surface area (Å²) in [5, 5.41) is 3.50. The van der Waals surface area contributed by atoms with Crippen molar-refractivity contribution in [3.05, 3.63) is 29.8 Å². The second kappa shape index (κ2) is 5.14. The molecule has 0 radical (unpaired) electrons. The third kappa shape index (κ3) is 2.37. The first-order chi connectivity index (χ1) is 9.23. The second-order valence-electron chi connectivity index (χ2n) is 6.13. The molecule has 0 bridgehead atoms. The van der Waals surface area contributed by atoms with Gasteiger partial charge in [0, 0.05) is 19.0 Å². The minimum atomic E-state index is 0.481. The minimum absolute atomic E-state index is 0.481. The maximum atomic E-state index is 5.27. The highest BCUT2D eigenvalue weighted by Crippen LogP contribution is 2.48. The van der Waals surface area contributed by atoms with E-state index in [0.717, 1.165) is 5.75 Å². The largest absolute Gasteiger partial charge is 0.497 e. The van der Waals surface area contributed by atoms with Gasteiger partial charge in [-0.25, -0.2) is 0 Å². The average molecular weight is 260 g/mol. The molecule has 1 aromatic rings. The highest BCUT2D eigenvalue weighted by Gasteiger charge is 2.46. The van der Waals surface area contributed by atoms with E-state index in [9.17, 15) is 0 Å². The maximum absolute atomic E-state index is 5.27. The zero-order chi connectivity index (χ0) is 13.3. The van der Waals surface area contributed by atoms with Crippen molar-refractivity contribution in [2.24, 2.45) is 5.41 Å². The second-order valence-corrected chi connectivity index (χ2v) is 6.13. The summed E-state index contributed by atoms with van der Waals surface area (Å²) in [6.07, 6.45) is 2.60. The number of rotatable bonds is 2. The molecular weight excluding hydrogens is 236 g/mol. The van der Waals surface area contributed by atoms with Crippen LogP contribution in [0.5, 0.6) is 5.75 Å². The Morgan fingerprint density at radius 1 is 1.21 bits per heavy atom. The summed E-state index contributed by atoms with van der Waals surface area (Å²) in [5.41, 5.74) is 1.96. The van der Waals surface area contributed by atoms with Gasteiger partial charge in [0.05, 0.1) is 7.11 Å². The van der Waals surface area contributed by atoms with Gasteiger partial charge in [-0.15, -0.1) is 0 Å². The molecule has 3 nitrogen and oxygen atoms in total. The smallest absolute Gasteiger partial charge is 0.118 e. The normalized spacial score (nSPS) is 26.7. The fourth-order valence-electron chi connectivity index (χ4n) is 3.94. The maximum Gasteiger partial charge on any atom is 0.118 e. The highest BCUT2D eigenvalue weighted by atomic mass is 16.5. The lowest BCUT2D eigenvalue weighted by Gasteiger charge is -2.39. The Balaban J connectivity index is 1.87. The molecule has 0 aliphatic carbocycles. The molecule has 0 aromatic heterocycles. The van der Waals surface area contributed by atoms with Gasteiger partial charge in [0.15, 0.2) is 0 Å². The summed E-state index contributed by atoms with van der Waals surface area (Å²) in [7, 11) is 3.99. The van der Waals surface area contributed by atoms with E-state index in [0.29, 0.717) is 11.3 Å². The van der Waals surface area contributed by atoms with Crippen LogP contribution in [-0.2, 0) is 0 Å². The first-order valence-electron chi connectivity index (χ1n) is 7.27. The van der Waals surface area contributed by atoms with Gasteiger partial charge >= 0.3 is 0 Å². The lowest BCUT2D eigenvalue weighted by molar-refractivity contribution is 0.187. The summed E-state index contributed by atoms with van der Waals surface area (Å²) >= 11 is 0. The van der Waals surface area contributed by atoms with Gasteiger partial charge in [0.1, 0.15) is 5.75 Å². The molecule has 0 amide bonds. The van der Waals surface area contributed by atoms with E-state index >= 15 is 0 Å². The first-order valence-corrected chi connectivity index (χ1v) is 7.27. The lowest BCUT2D eigenvalue weighted by atomic mass is 9.69. The quantitative estimate of drug-likeness (QED) is 0.881. The molecule has 1 unspecified atom stereocenters. The molecule has 2 aliphatic heterocycles. The van der Waals surface area contributed by atoms with Crippen molar-refractivity contribution in [1.82, 2.24) is 10.2 Å². The molecular formula is C16H24N2O. The van der Waals surface area contributed by atoms with Crippen LogP contribution in [0.25, 0.3) is 0 Å². The topological polar surface area (TPSA) is 24.5 Å². The van der Waals surface area contributed by atoms with Crippen LogP contribution in [0.15, 0.2) is 24.3 Å². The molecule has 3 rings (SSSR count). The minimum Gasteiger partial charge on any atom is -0.497 e. The van der Waals surface area contributed by atoms with Crippen LogP contribution in [0.4, 0.5) is 0 Å². The van der Waals surface area contributed by atoms with Crippen molar-refractivity contribution < 1.29 is 4.74 Å². The van der Waals surface area contributed by atoms with Crippen LogP contribution >= 0.6 is 0 Å². The predicted molar refractivity (Wildman–Crippen MR) is 77.8 cm³/mol. The number of hydrogen-bond donors (Lipinski definition) is 1. The van der Waals surface area contributed by atoms with Crippen molar-refractivity contribution in [3.63, 3.8) is 0 Å². The van der Waals surface area contributed by atoms with Crippen molar-refractivity contribution in [1.29, 1.82) is 0 Å². The Morgan fingerprint density at radius 3 is 2.53 bits per heavy atom. The Morgan fingerprint density at radius 2 is 1.89 bits per heavy atom. The predicted octanol–water partition coefficient (Wildman–Crippen LogP) is 2.09. The van der Waals surface area contributed by atoms with E-state index in [4.69, 9.17) is 4.74 Å². The molecule has 2 fully saturated rings. The molecule has 104 valence electrons. The van der Waals surface area contributed by atoms with E-state index in [1.807, 2.05) is 0 Å². The van der Waals surface area contributed by atoms with E-state index in [-0.39, 0.29) is 0 Å². The monoisotopic (exact) mass is 260 g/mol. The number of nitrogens with zero attached hydrogens (tertiary/aromatic N) is 1. The lowest BCUT2D eigenvalue weighted by Crippen LogP contribution is -2.41. The number of ether oxygens (including phenoxy) is 1. The molecule has 19 heavy (non-hydrogen) atoms. The molecule has 2 saturated heterocycles. The zero-order valence-electron chi connectivity index (χ0n) is 12.0. The van der Waals surface area contributed by atoms with Crippen molar-refractivity contribution >= 4 is 0 Å². The van der Waals surface area contributed by atoms with E-state index < -0.39 is 0 Å². The van der Waals surface area contributed by atoms with Gasteiger partial charge in [0.25, 0.3) is 0 Å². The standard InChI is InChI=1S/C16H24N2O/c1-18-11-15(13-3-5-14(19-2)6-4-13)16(12-18)7-9-17-10-8-16/h3-6,15,17H,7-12H2,1-2H3. The van der Waals surface area contributed by atoms with Gasteiger partial charge in [-0.2, -0.15) is 0 Å². The summed E-state index contributed by atoms with van der Waals surface area (Å²) < 4.78 is 5.27. The van der Waals surface area contributed by atoms with Gasteiger partial charge in [-0.1, -0.05) is 12.1 Å². The molecule has 2 heterocycles. The molecule has 3 heteroatoms. The molecule has 0 saturated carbocycles. The fourth-order valence-corrected chi connectivity index (χ4v) is 3.94. The van der Waals surface area contributed by atoms with Crippen LogP contribution < -0.4 is 10.1 Å². The van der Waals surface area contributed by atoms with E-state index in [2.05, 4.69) is 41.5 Å². The molecule has 1 atom stereocenters. The van der Waals surface area contributed by atoms with Crippen LogP contribution in [0.3, 0.4) is 0 Å². The van der Waals surface area contributed by atoms with Crippen molar-refractivity contribution in [2.45, 2.75) is 18.8 Å². The number of likely N-dealkylation sites (N-methyl/N-ethyl adjacent to an activating group) is 1. The number of benzene rings is 1. The number of hydrogen-bond acceptors (Lipinski definition) is 3. The number of nitrogens with one attached hydrogen (secondary N) is 1. The zero-order valence-corrected chi connectivity index (χ0v) is 12.0. The van der Waals surface area contributed by atoms with Gasteiger partial charge < -0.3 is 15.0 Å².